The number of nitrogens with zero attached hydrogens (tertiary/aromatic N) is 1. The Morgan fingerprint density at radius 1 is 1.09 bits per heavy atom. The second-order valence-electron chi connectivity index (χ2n) is 5.18. The first-order valence-electron chi connectivity index (χ1n) is 7.07. The van der Waals surface area contributed by atoms with Gasteiger partial charge in [0.2, 0.25) is 5.91 Å². The molecule has 2 rings (SSSR count). The highest BCUT2D eigenvalue weighted by molar-refractivity contribution is 9.10. The lowest BCUT2D eigenvalue weighted by atomic mass is 10.2. The first-order chi connectivity index (χ1) is 11.0. The van der Waals surface area contributed by atoms with Crippen molar-refractivity contribution in [3.8, 4) is 0 Å². The van der Waals surface area contributed by atoms with E-state index in [2.05, 4.69) is 26.6 Å². The molecule has 2 amide bonds. The predicted octanol–water partition coefficient (Wildman–Crippen LogP) is 2.88. The third kappa shape index (κ3) is 5.10. The summed E-state index contributed by atoms with van der Waals surface area (Å²) >= 11 is 3.31. The van der Waals surface area contributed by atoms with Crippen LogP contribution >= 0.6 is 15.9 Å². The van der Waals surface area contributed by atoms with Gasteiger partial charge in [-0.25, -0.2) is 0 Å². The number of carbonyl (C=O) groups is 2. The summed E-state index contributed by atoms with van der Waals surface area (Å²) in [5.41, 5.74) is 2.24. The van der Waals surface area contributed by atoms with Crippen molar-refractivity contribution < 1.29 is 9.59 Å². The number of benzene rings is 2. The predicted molar refractivity (Wildman–Crippen MR) is 95.9 cm³/mol. The lowest BCUT2D eigenvalue weighted by molar-refractivity contribution is -0.115. The van der Waals surface area contributed by atoms with Crippen LogP contribution in [0.5, 0.6) is 0 Å². The fourth-order valence-electron chi connectivity index (χ4n) is 1.94. The third-order valence-corrected chi connectivity index (χ3v) is 3.66. The van der Waals surface area contributed by atoms with Crippen LogP contribution in [0, 0.1) is 0 Å². The van der Waals surface area contributed by atoms with Crippen LogP contribution in [0.3, 0.4) is 0 Å². The molecule has 0 saturated carbocycles. The highest BCUT2D eigenvalue weighted by atomic mass is 79.9. The van der Waals surface area contributed by atoms with Gasteiger partial charge < -0.3 is 15.5 Å². The van der Waals surface area contributed by atoms with Crippen LogP contribution in [-0.2, 0) is 4.79 Å². The molecule has 0 atom stereocenters. The summed E-state index contributed by atoms with van der Waals surface area (Å²) in [6, 6.07) is 14.5. The van der Waals surface area contributed by atoms with Crippen LogP contribution in [0.2, 0.25) is 0 Å². The monoisotopic (exact) mass is 375 g/mol. The fraction of sp³-hybridized carbons (Fsp3) is 0.176. The van der Waals surface area contributed by atoms with Gasteiger partial charge in [0.1, 0.15) is 0 Å². The van der Waals surface area contributed by atoms with Crippen molar-refractivity contribution in [2.24, 2.45) is 0 Å². The summed E-state index contributed by atoms with van der Waals surface area (Å²) in [6.45, 7) is -0.0826. The highest BCUT2D eigenvalue weighted by Crippen LogP contribution is 2.15. The Kier molecular flexibility index (Phi) is 5.76. The van der Waals surface area contributed by atoms with E-state index in [1.165, 1.54) is 0 Å². The average molecular weight is 376 g/mol. The molecule has 0 aliphatic rings. The minimum atomic E-state index is -0.288. The summed E-state index contributed by atoms with van der Waals surface area (Å²) in [5.74, 6) is -0.560. The second kappa shape index (κ2) is 7.78. The Labute approximate surface area is 143 Å². The van der Waals surface area contributed by atoms with Crippen molar-refractivity contribution in [1.29, 1.82) is 0 Å². The van der Waals surface area contributed by atoms with E-state index in [0.29, 0.717) is 11.3 Å². The van der Waals surface area contributed by atoms with Crippen LogP contribution in [0.1, 0.15) is 10.4 Å². The molecule has 0 bridgehead atoms. The summed E-state index contributed by atoms with van der Waals surface area (Å²) < 4.78 is 0.815. The number of anilines is 2. The first kappa shape index (κ1) is 17.0. The molecule has 2 N–H and O–H groups in total. The van der Waals surface area contributed by atoms with Crippen LogP contribution in [-0.4, -0.2) is 32.5 Å². The van der Waals surface area contributed by atoms with Gasteiger partial charge in [0.25, 0.3) is 5.91 Å². The minimum Gasteiger partial charge on any atom is -0.378 e. The topological polar surface area (TPSA) is 61.4 Å². The van der Waals surface area contributed by atoms with E-state index < -0.39 is 0 Å². The number of carbonyl (C=O) groups excluding carboxylic acids is 2. The maximum Gasteiger partial charge on any atom is 0.251 e. The number of hydrogen-bond acceptors (Lipinski definition) is 3. The molecular weight excluding hydrogens is 358 g/mol. The van der Waals surface area contributed by atoms with Crippen LogP contribution in [0.4, 0.5) is 11.4 Å². The van der Waals surface area contributed by atoms with E-state index in [4.69, 9.17) is 0 Å². The van der Waals surface area contributed by atoms with E-state index in [1.54, 1.807) is 18.2 Å². The Hall–Kier alpha value is -2.34. The van der Waals surface area contributed by atoms with Crippen LogP contribution < -0.4 is 15.5 Å². The van der Waals surface area contributed by atoms with E-state index in [9.17, 15) is 9.59 Å². The van der Waals surface area contributed by atoms with E-state index in [1.807, 2.05) is 49.3 Å². The van der Waals surface area contributed by atoms with Gasteiger partial charge in [-0.3, -0.25) is 9.59 Å². The second-order valence-corrected chi connectivity index (χ2v) is 6.10. The Bertz CT molecular complexity index is 699. The summed E-state index contributed by atoms with van der Waals surface area (Å²) in [4.78, 5) is 25.8. The van der Waals surface area contributed by atoms with Gasteiger partial charge in [-0.15, -0.1) is 0 Å². The molecule has 0 aliphatic heterocycles. The molecule has 2 aromatic carbocycles. The molecule has 23 heavy (non-hydrogen) atoms. The van der Waals surface area contributed by atoms with Crippen molar-refractivity contribution in [2.75, 3.05) is 30.9 Å². The molecule has 0 heterocycles. The van der Waals surface area contributed by atoms with Gasteiger partial charge in [-0.2, -0.15) is 0 Å². The number of hydrogen-bond donors (Lipinski definition) is 2. The van der Waals surface area contributed by atoms with Crippen LogP contribution in [0.15, 0.2) is 53.0 Å². The largest absolute Gasteiger partial charge is 0.378 e. The highest BCUT2D eigenvalue weighted by Gasteiger charge is 2.08. The summed E-state index contributed by atoms with van der Waals surface area (Å²) in [5, 5.41) is 5.34. The molecule has 2 aromatic rings. The molecule has 0 fully saturated rings. The van der Waals surface area contributed by atoms with Gasteiger partial charge in [-0.1, -0.05) is 22.0 Å². The zero-order chi connectivity index (χ0) is 16.8. The maximum atomic E-state index is 12.0. The van der Waals surface area contributed by atoms with Crippen molar-refractivity contribution in [3.05, 3.63) is 58.6 Å². The van der Waals surface area contributed by atoms with Crippen molar-refractivity contribution in [3.63, 3.8) is 0 Å². The normalized spacial score (nSPS) is 10.0. The van der Waals surface area contributed by atoms with Gasteiger partial charge in [0, 0.05) is 35.5 Å². The first-order valence-corrected chi connectivity index (χ1v) is 7.86. The van der Waals surface area contributed by atoms with Gasteiger partial charge >= 0.3 is 0 Å². The fourth-order valence-corrected chi connectivity index (χ4v) is 2.34. The number of halogens is 1. The maximum absolute atomic E-state index is 12.0. The molecule has 0 saturated heterocycles. The lowest BCUT2D eigenvalue weighted by Crippen LogP contribution is -2.32. The Morgan fingerprint density at radius 3 is 2.39 bits per heavy atom. The quantitative estimate of drug-likeness (QED) is 0.844. The smallest absolute Gasteiger partial charge is 0.251 e. The van der Waals surface area contributed by atoms with Crippen molar-refractivity contribution in [2.45, 2.75) is 0 Å². The standard InChI is InChI=1S/C17H18BrN3O2/c1-21(2)15-8-6-14(7-9-15)20-16(22)11-19-17(23)12-4-3-5-13(18)10-12/h3-10H,11H2,1-2H3,(H,19,23)(H,20,22). The minimum absolute atomic E-state index is 0.0826. The SMILES string of the molecule is CN(C)c1ccc(NC(=O)CNC(=O)c2cccc(Br)c2)cc1. The molecule has 120 valence electrons. The van der Waals surface area contributed by atoms with Crippen molar-refractivity contribution in [1.82, 2.24) is 5.32 Å². The molecule has 0 aromatic heterocycles. The summed E-state index contributed by atoms with van der Waals surface area (Å²) in [7, 11) is 3.90. The lowest BCUT2D eigenvalue weighted by Gasteiger charge is -2.13. The molecule has 6 heteroatoms. The van der Waals surface area contributed by atoms with E-state index in [-0.39, 0.29) is 18.4 Å². The van der Waals surface area contributed by atoms with Crippen LogP contribution in [0.25, 0.3) is 0 Å². The van der Waals surface area contributed by atoms with Gasteiger partial charge in [0.15, 0.2) is 0 Å². The molecule has 0 radical (unpaired) electrons. The number of nitrogens with one attached hydrogen (secondary N) is 2. The van der Waals surface area contributed by atoms with Gasteiger partial charge in [0.05, 0.1) is 6.54 Å². The molecule has 5 nitrogen and oxygen atoms in total. The van der Waals surface area contributed by atoms with E-state index >= 15 is 0 Å². The molecule has 0 spiro atoms. The van der Waals surface area contributed by atoms with Gasteiger partial charge in [-0.05, 0) is 42.5 Å². The summed E-state index contributed by atoms with van der Waals surface area (Å²) in [6.07, 6.45) is 0. The number of rotatable bonds is 5. The zero-order valence-electron chi connectivity index (χ0n) is 13.0. The van der Waals surface area contributed by atoms with E-state index in [0.717, 1.165) is 10.2 Å². The third-order valence-electron chi connectivity index (χ3n) is 3.16. The zero-order valence-corrected chi connectivity index (χ0v) is 14.6. The molecule has 0 unspecified atom stereocenters. The Morgan fingerprint density at radius 2 is 1.78 bits per heavy atom. The molecule has 0 aliphatic carbocycles. The molecular formula is C17H18BrN3O2. The Balaban J connectivity index is 1.86. The van der Waals surface area contributed by atoms with Crippen molar-refractivity contribution >= 4 is 39.1 Å². The number of amides is 2. The average Bonchev–Trinajstić information content (AvgIpc) is 2.53.